The summed E-state index contributed by atoms with van der Waals surface area (Å²) in [5.41, 5.74) is 6.98. The molecule has 2 aromatic carbocycles. The SMILES string of the molecule is Cc1ccc(C)c(OCC(=O)NNC(=O)c2oc3ccccc3c2CS(C)(=O)=O)c1. The topological polar surface area (TPSA) is 115 Å². The fraction of sp³-hybridized carbons (Fsp3) is 0.238. The Balaban J connectivity index is 1.68. The summed E-state index contributed by atoms with van der Waals surface area (Å²) in [7, 11) is -3.42. The summed E-state index contributed by atoms with van der Waals surface area (Å²) in [6, 6.07) is 12.4. The lowest BCUT2D eigenvalue weighted by atomic mass is 10.1. The molecule has 2 N–H and O–H groups in total. The normalized spacial score (nSPS) is 11.3. The maximum absolute atomic E-state index is 12.5. The van der Waals surface area contributed by atoms with Crippen LogP contribution in [0.25, 0.3) is 11.0 Å². The predicted octanol–water partition coefficient (Wildman–Crippen LogP) is 2.43. The predicted molar refractivity (Wildman–Crippen MR) is 112 cm³/mol. The second kappa shape index (κ2) is 8.58. The molecule has 0 aliphatic carbocycles. The molecule has 30 heavy (non-hydrogen) atoms. The van der Waals surface area contributed by atoms with Gasteiger partial charge in [-0.25, -0.2) is 8.42 Å². The molecular weight excluding hydrogens is 408 g/mol. The number of ether oxygens (including phenoxy) is 1. The minimum absolute atomic E-state index is 0.169. The molecule has 9 heteroatoms. The van der Waals surface area contributed by atoms with Crippen molar-refractivity contribution < 1.29 is 27.2 Å². The minimum atomic E-state index is -3.42. The molecule has 0 fully saturated rings. The molecule has 0 saturated heterocycles. The smallest absolute Gasteiger partial charge is 0.305 e. The number of fused-ring (bicyclic) bond motifs is 1. The molecule has 0 unspecified atom stereocenters. The van der Waals surface area contributed by atoms with E-state index in [4.69, 9.17) is 9.15 Å². The molecule has 2 amide bonds. The lowest BCUT2D eigenvalue weighted by molar-refractivity contribution is -0.123. The van der Waals surface area contributed by atoms with Gasteiger partial charge in [-0.05, 0) is 37.1 Å². The second-order valence-electron chi connectivity index (χ2n) is 7.04. The summed E-state index contributed by atoms with van der Waals surface area (Å²) in [4.78, 5) is 24.6. The Morgan fingerprint density at radius 3 is 2.53 bits per heavy atom. The van der Waals surface area contributed by atoms with Crippen molar-refractivity contribution in [3.63, 3.8) is 0 Å². The Kier molecular flexibility index (Phi) is 6.12. The number of carbonyl (C=O) groups excluding carboxylic acids is 2. The molecule has 1 aromatic heterocycles. The fourth-order valence-corrected chi connectivity index (χ4v) is 3.72. The van der Waals surface area contributed by atoms with Crippen LogP contribution in [0.5, 0.6) is 5.75 Å². The molecule has 0 aliphatic heterocycles. The zero-order valence-electron chi connectivity index (χ0n) is 16.8. The summed E-state index contributed by atoms with van der Waals surface area (Å²) in [6.07, 6.45) is 1.07. The molecule has 0 aliphatic rings. The number of hydrogen-bond acceptors (Lipinski definition) is 6. The third-order valence-electron chi connectivity index (χ3n) is 4.33. The first-order valence-electron chi connectivity index (χ1n) is 9.11. The average molecular weight is 430 g/mol. The fourth-order valence-electron chi connectivity index (χ4n) is 2.91. The lowest BCUT2D eigenvalue weighted by Gasteiger charge is -2.11. The Hall–Kier alpha value is -3.33. The number of hydrogen-bond donors (Lipinski definition) is 2. The standard InChI is InChI=1S/C21H22N2O6S/c1-13-8-9-14(2)18(10-13)28-11-19(24)22-23-21(25)20-16(12-30(3,26)27)15-6-4-5-7-17(15)29-20/h4-10H,11-12H2,1-3H3,(H,22,24)(H,23,25). The van der Waals surface area contributed by atoms with Gasteiger partial charge in [0.2, 0.25) is 0 Å². The molecule has 158 valence electrons. The molecule has 8 nitrogen and oxygen atoms in total. The quantitative estimate of drug-likeness (QED) is 0.581. The number of sulfone groups is 1. The van der Waals surface area contributed by atoms with Crippen molar-refractivity contribution in [3.05, 3.63) is 64.9 Å². The van der Waals surface area contributed by atoms with Gasteiger partial charge in [0, 0.05) is 17.2 Å². The third kappa shape index (κ3) is 5.18. The van der Waals surface area contributed by atoms with Crippen LogP contribution in [0, 0.1) is 13.8 Å². The van der Waals surface area contributed by atoms with Gasteiger partial charge >= 0.3 is 5.91 Å². The van der Waals surface area contributed by atoms with Crippen LogP contribution in [0.2, 0.25) is 0 Å². The van der Waals surface area contributed by atoms with Crippen molar-refractivity contribution in [2.75, 3.05) is 12.9 Å². The van der Waals surface area contributed by atoms with Crippen molar-refractivity contribution >= 4 is 32.6 Å². The van der Waals surface area contributed by atoms with Gasteiger partial charge in [-0.15, -0.1) is 0 Å². The van der Waals surface area contributed by atoms with Crippen molar-refractivity contribution in [1.29, 1.82) is 0 Å². The largest absolute Gasteiger partial charge is 0.483 e. The Bertz CT molecular complexity index is 1210. The number of hydrazine groups is 1. The van der Waals surface area contributed by atoms with Crippen molar-refractivity contribution in [1.82, 2.24) is 10.9 Å². The average Bonchev–Trinajstić information content (AvgIpc) is 3.04. The number of nitrogens with one attached hydrogen (secondary N) is 2. The highest BCUT2D eigenvalue weighted by Gasteiger charge is 2.23. The first-order chi connectivity index (χ1) is 14.1. The minimum Gasteiger partial charge on any atom is -0.483 e. The number of amides is 2. The second-order valence-corrected chi connectivity index (χ2v) is 9.18. The van der Waals surface area contributed by atoms with Gasteiger partial charge in [0.05, 0.1) is 5.75 Å². The Labute approximate surface area is 174 Å². The molecule has 0 radical (unpaired) electrons. The van der Waals surface area contributed by atoms with E-state index in [0.717, 1.165) is 17.4 Å². The van der Waals surface area contributed by atoms with E-state index in [1.807, 2.05) is 32.0 Å². The zero-order chi connectivity index (χ0) is 21.9. The Morgan fingerprint density at radius 2 is 1.80 bits per heavy atom. The number of rotatable bonds is 6. The highest BCUT2D eigenvalue weighted by molar-refractivity contribution is 7.89. The van der Waals surface area contributed by atoms with E-state index in [0.29, 0.717) is 16.7 Å². The van der Waals surface area contributed by atoms with E-state index in [1.165, 1.54) is 0 Å². The third-order valence-corrected chi connectivity index (χ3v) is 5.14. The van der Waals surface area contributed by atoms with Gasteiger partial charge in [0.1, 0.15) is 11.3 Å². The molecule has 3 rings (SSSR count). The van der Waals surface area contributed by atoms with Gasteiger partial charge in [0.15, 0.2) is 22.2 Å². The van der Waals surface area contributed by atoms with Gasteiger partial charge in [-0.2, -0.15) is 0 Å². The first kappa shape index (κ1) is 21.4. The molecule has 0 atom stereocenters. The highest BCUT2D eigenvalue weighted by atomic mass is 32.2. The molecule has 3 aromatic rings. The van der Waals surface area contributed by atoms with E-state index in [9.17, 15) is 18.0 Å². The van der Waals surface area contributed by atoms with Crippen LogP contribution in [0.1, 0.15) is 27.2 Å². The molecule has 0 bridgehead atoms. The van der Waals surface area contributed by atoms with Gasteiger partial charge in [-0.3, -0.25) is 20.4 Å². The van der Waals surface area contributed by atoms with E-state index in [-0.39, 0.29) is 23.7 Å². The molecule has 0 saturated carbocycles. The number of furan rings is 1. The van der Waals surface area contributed by atoms with E-state index >= 15 is 0 Å². The van der Waals surface area contributed by atoms with Crippen LogP contribution in [0.4, 0.5) is 0 Å². The number of aryl methyl sites for hydroxylation is 2. The summed E-state index contributed by atoms with van der Waals surface area (Å²) in [5, 5.41) is 0.526. The molecule has 0 spiro atoms. The van der Waals surface area contributed by atoms with Crippen LogP contribution >= 0.6 is 0 Å². The van der Waals surface area contributed by atoms with Gasteiger partial charge in [-0.1, -0.05) is 30.3 Å². The monoisotopic (exact) mass is 430 g/mol. The number of para-hydroxylation sites is 1. The van der Waals surface area contributed by atoms with Gasteiger partial charge < -0.3 is 9.15 Å². The lowest BCUT2D eigenvalue weighted by Crippen LogP contribution is -2.44. The summed E-state index contributed by atoms with van der Waals surface area (Å²) in [5.74, 6) is -1.30. The van der Waals surface area contributed by atoms with Crippen LogP contribution in [0.15, 0.2) is 46.9 Å². The van der Waals surface area contributed by atoms with Crippen molar-refractivity contribution in [2.45, 2.75) is 19.6 Å². The zero-order valence-corrected chi connectivity index (χ0v) is 17.6. The number of benzene rings is 2. The summed E-state index contributed by atoms with van der Waals surface area (Å²) >= 11 is 0. The van der Waals surface area contributed by atoms with E-state index < -0.39 is 21.7 Å². The first-order valence-corrected chi connectivity index (χ1v) is 11.2. The van der Waals surface area contributed by atoms with Crippen LogP contribution in [-0.4, -0.2) is 33.1 Å². The Morgan fingerprint density at radius 1 is 1.07 bits per heavy atom. The van der Waals surface area contributed by atoms with Crippen molar-refractivity contribution in [2.24, 2.45) is 0 Å². The highest BCUT2D eigenvalue weighted by Crippen LogP contribution is 2.27. The summed E-state index contributed by atoms with van der Waals surface area (Å²) in [6.45, 7) is 3.47. The van der Waals surface area contributed by atoms with E-state index in [1.54, 1.807) is 24.3 Å². The molecular formula is C21H22N2O6S. The van der Waals surface area contributed by atoms with Crippen molar-refractivity contribution in [3.8, 4) is 5.75 Å². The van der Waals surface area contributed by atoms with E-state index in [2.05, 4.69) is 10.9 Å². The van der Waals surface area contributed by atoms with Crippen LogP contribution in [-0.2, 0) is 20.4 Å². The van der Waals surface area contributed by atoms with Crippen LogP contribution in [0.3, 0.4) is 0 Å². The number of carbonyl (C=O) groups is 2. The maximum atomic E-state index is 12.5. The van der Waals surface area contributed by atoms with Gasteiger partial charge in [0.25, 0.3) is 5.91 Å². The molecule has 1 heterocycles. The summed E-state index contributed by atoms with van der Waals surface area (Å²) < 4.78 is 34.6. The maximum Gasteiger partial charge on any atom is 0.305 e. The van der Waals surface area contributed by atoms with Crippen LogP contribution < -0.4 is 15.6 Å².